The molecule has 0 saturated heterocycles. The summed E-state index contributed by atoms with van der Waals surface area (Å²) in [7, 11) is -1.22. The van der Waals surface area contributed by atoms with Crippen LogP contribution >= 0.6 is 0 Å². The number of pyridine rings is 2. The van der Waals surface area contributed by atoms with Crippen molar-refractivity contribution < 1.29 is 14.3 Å². The van der Waals surface area contributed by atoms with Crippen LogP contribution in [0.4, 0.5) is 4.79 Å². The Morgan fingerprint density at radius 2 is 1.58 bits per heavy atom. The first-order valence-corrected chi connectivity index (χ1v) is 22.7. The first-order valence-electron chi connectivity index (χ1n) is 18.9. The highest BCUT2D eigenvalue weighted by Crippen LogP contribution is 2.40. The lowest BCUT2D eigenvalue weighted by Crippen LogP contribution is -2.46. The van der Waals surface area contributed by atoms with Gasteiger partial charge in [0.2, 0.25) is 0 Å². The summed E-state index contributed by atoms with van der Waals surface area (Å²) < 4.78 is 14.4. The zero-order chi connectivity index (χ0) is 37.6. The van der Waals surface area contributed by atoms with Crippen molar-refractivity contribution in [1.29, 1.82) is 0 Å². The molecule has 1 unspecified atom stereocenters. The molecule has 0 saturated carbocycles. The van der Waals surface area contributed by atoms with Crippen molar-refractivity contribution >= 4 is 25.2 Å². The van der Waals surface area contributed by atoms with Crippen LogP contribution in [-0.2, 0) is 54.3 Å². The number of imidazole rings is 1. The van der Waals surface area contributed by atoms with E-state index in [1.807, 2.05) is 45.2 Å². The van der Waals surface area contributed by atoms with E-state index in [2.05, 4.69) is 102 Å². The van der Waals surface area contributed by atoms with E-state index in [9.17, 15) is 4.79 Å². The summed E-state index contributed by atoms with van der Waals surface area (Å²) in [6.45, 7) is 18.5. The number of amides is 1. The Bertz CT molecular complexity index is 1970. The summed E-state index contributed by atoms with van der Waals surface area (Å²) in [6.07, 6.45) is 6.45. The first-order chi connectivity index (χ1) is 25.3. The Hall–Kier alpha value is -4.38. The number of carbonyl (C=O) groups is 1. The third-order valence-electron chi connectivity index (χ3n) is 9.99. The SMILES string of the molecule is CC(C)(C)OC(=O)N(Cc1ccc(CN(Cc2nc3ccccc3n2COCC[Si](C)(C)C)C2(C)CCCc3cccnc32)cc1)Cc1ccccn1. The maximum absolute atomic E-state index is 13.3. The van der Waals surface area contributed by atoms with Gasteiger partial charge in [0.15, 0.2) is 0 Å². The van der Waals surface area contributed by atoms with Crippen LogP contribution in [0.5, 0.6) is 0 Å². The molecular formula is C43H56N6O3Si. The molecule has 6 rings (SSSR count). The van der Waals surface area contributed by atoms with Gasteiger partial charge in [-0.15, -0.1) is 0 Å². The standard InChI is InChI=1S/C43H56N6O3Si/c1-42(2,3)52-41(50)47(30-36-16-10-11-24-44-36)28-33-19-21-34(22-20-33)29-48(43(4)23-12-14-35-15-13-25-45-40(35)43)31-39-46-37-17-8-9-18-38(37)49(39)32-51-26-27-53(5,6)7/h8-11,13,15-22,24-25H,12,14,23,26-32H2,1-7H3. The smallest absolute Gasteiger partial charge is 0.410 e. The fourth-order valence-electron chi connectivity index (χ4n) is 7.06. The molecule has 0 N–H and O–H groups in total. The summed E-state index contributed by atoms with van der Waals surface area (Å²) >= 11 is 0. The summed E-state index contributed by atoms with van der Waals surface area (Å²) in [5, 5.41) is 0. The third-order valence-corrected chi connectivity index (χ3v) is 11.7. The van der Waals surface area contributed by atoms with Crippen molar-refractivity contribution in [1.82, 2.24) is 29.3 Å². The Kier molecular flexibility index (Phi) is 11.8. The number of benzene rings is 2. The lowest BCUT2D eigenvalue weighted by molar-refractivity contribution is 0.0214. The van der Waals surface area contributed by atoms with Gasteiger partial charge in [0.1, 0.15) is 18.2 Å². The number of ether oxygens (including phenoxy) is 2. The van der Waals surface area contributed by atoms with Gasteiger partial charge in [0, 0.05) is 40.2 Å². The van der Waals surface area contributed by atoms with E-state index >= 15 is 0 Å². The van der Waals surface area contributed by atoms with Crippen molar-refractivity contribution in [2.24, 2.45) is 0 Å². The van der Waals surface area contributed by atoms with Crippen LogP contribution in [0, 0.1) is 0 Å². The third kappa shape index (κ3) is 9.98. The summed E-state index contributed by atoms with van der Waals surface area (Å²) in [5.41, 5.74) is 6.66. The van der Waals surface area contributed by atoms with Crippen molar-refractivity contribution in [3.8, 4) is 0 Å². The number of hydrogen-bond acceptors (Lipinski definition) is 7. The number of aromatic nitrogens is 4. The topological polar surface area (TPSA) is 85.6 Å². The van der Waals surface area contributed by atoms with Gasteiger partial charge in [0.05, 0.1) is 41.0 Å². The monoisotopic (exact) mass is 732 g/mol. The Labute approximate surface area is 316 Å². The number of rotatable bonds is 14. The zero-order valence-corrected chi connectivity index (χ0v) is 33.6. The number of aryl methyl sites for hydroxylation is 1. The van der Waals surface area contributed by atoms with Crippen LogP contribution in [0.25, 0.3) is 11.0 Å². The second-order valence-corrected chi connectivity index (χ2v) is 22.4. The van der Waals surface area contributed by atoms with Crippen molar-refractivity contribution in [2.75, 3.05) is 6.61 Å². The van der Waals surface area contributed by atoms with E-state index in [1.54, 1.807) is 11.1 Å². The molecule has 3 heterocycles. The summed E-state index contributed by atoms with van der Waals surface area (Å²) in [4.78, 5) is 32.3. The van der Waals surface area contributed by atoms with E-state index in [0.717, 1.165) is 65.7 Å². The molecule has 1 aliphatic carbocycles. The van der Waals surface area contributed by atoms with Crippen LogP contribution in [-0.4, -0.2) is 55.7 Å². The maximum Gasteiger partial charge on any atom is 0.410 e. The number of carbonyl (C=O) groups excluding carboxylic acids is 1. The number of para-hydroxylation sites is 2. The van der Waals surface area contributed by atoms with Gasteiger partial charge >= 0.3 is 6.09 Å². The number of hydrogen-bond donors (Lipinski definition) is 0. The van der Waals surface area contributed by atoms with Crippen LogP contribution in [0.3, 0.4) is 0 Å². The molecule has 0 spiro atoms. The molecule has 5 aromatic rings. The minimum absolute atomic E-state index is 0.300. The zero-order valence-electron chi connectivity index (χ0n) is 32.6. The second kappa shape index (κ2) is 16.3. The van der Waals surface area contributed by atoms with E-state index in [-0.39, 0.29) is 11.6 Å². The molecule has 280 valence electrons. The Morgan fingerprint density at radius 1 is 0.868 bits per heavy atom. The largest absolute Gasteiger partial charge is 0.444 e. The fraction of sp³-hybridized carbons (Fsp3) is 0.442. The van der Waals surface area contributed by atoms with E-state index in [4.69, 9.17) is 19.4 Å². The predicted molar refractivity (Wildman–Crippen MR) is 214 cm³/mol. The van der Waals surface area contributed by atoms with Crippen LogP contribution in [0.2, 0.25) is 25.7 Å². The van der Waals surface area contributed by atoms with E-state index in [0.29, 0.717) is 32.9 Å². The normalized spacial score (nSPS) is 16.2. The fourth-order valence-corrected chi connectivity index (χ4v) is 7.82. The van der Waals surface area contributed by atoms with E-state index < -0.39 is 13.7 Å². The highest BCUT2D eigenvalue weighted by molar-refractivity contribution is 6.76. The van der Waals surface area contributed by atoms with Crippen LogP contribution in [0.15, 0.2) is 91.3 Å². The first kappa shape index (κ1) is 38.3. The van der Waals surface area contributed by atoms with Crippen LogP contribution in [0.1, 0.15) is 74.4 Å². The van der Waals surface area contributed by atoms with Gasteiger partial charge in [0.25, 0.3) is 0 Å². The molecule has 0 bridgehead atoms. The molecule has 53 heavy (non-hydrogen) atoms. The van der Waals surface area contributed by atoms with Crippen molar-refractivity contribution in [2.45, 2.75) is 117 Å². The quantitative estimate of drug-likeness (QED) is 0.0831. The van der Waals surface area contributed by atoms with Crippen LogP contribution < -0.4 is 0 Å². The van der Waals surface area contributed by atoms with Gasteiger partial charge in [-0.3, -0.25) is 19.8 Å². The van der Waals surface area contributed by atoms with Gasteiger partial charge in [-0.1, -0.05) is 68.2 Å². The average Bonchev–Trinajstić information content (AvgIpc) is 3.46. The average molecular weight is 733 g/mol. The molecule has 0 radical (unpaired) electrons. The van der Waals surface area contributed by atoms with Gasteiger partial charge < -0.3 is 14.0 Å². The molecule has 1 atom stereocenters. The molecule has 9 nitrogen and oxygen atoms in total. The minimum atomic E-state index is -1.22. The molecule has 1 amide bonds. The van der Waals surface area contributed by atoms with Gasteiger partial charge in [-0.2, -0.15) is 0 Å². The lowest BCUT2D eigenvalue weighted by atomic mass is 9.79. The Morgan fingerprint density at radius 3 is 2.30 bits per heavy atom. The number of nitrogens with zero attached hydrogens (tertiary/aromatic N) is 6. The molecular weight excluding hydrogens is 677 g/mol. The molecule has 0 aliphatic heterocycles. The maximum atomic E-state index is 13.3. The minimum Gasteiger partial charge on any atom is -0.444 e. The molecule has 0 fully saturated rings. The van der Waals surface area contributed by atoms with Crippen molar-refractivity contribution in [3.05, 3.63) is 125 Å². The molecule has 3 aromatic heterocycles. The highest BCUT2D eigenvalue weighted by Gasteiger charge is 2.39. The second-order valence-electron chi connectivity index (χ2n) is 16.8. The molecule has 2 aromatic carbocycles. The highest BCUT2D eigenvalue weighted by atomic mass is 28.3. The lowest BCUT2D eigenvalue weighted by Gasteiger charge is -2.44. The van der Waals surface area contributed by atoms with Crippen molar-refractivity contribution in [3.63, 3.8) is 0 Å². The van der Waals surface area contributed by atoms with E-state index in [1.165, 1.54) is 11.1 Å². The molecule has 1 aliphatic rings. The predicted octanol–water partition coefficient (Wildman–Crippen LogP) is 9.33. The Balaban J connectivity index is 1.28. The van der Waals surface area contributed by atoms with Gasteiger partial charge in [-0.05, 0) is 100 Å². The summed E-state index contributed by atoms with van der Waals surface area (Å²) in [6, 6.07) is 28.1. The number of fused-ring (bicyclic) bond motifs is 2. The summed E-state index contributed by atoms with van der Waals surface area (Å²) in [5.74, 6) is 0.989. The molecule has 10 heteroatoms. The van der Waals surface area contributed by atoms with Gasteiger partial charge in [-0.25, -0.2) is 9.78 Å².